The molecule has 0 fully saturated rings. The number of aromatic nitrogens is 2. The molecule has 0 aliphatic carbocycles. The van der Waals surface area contributed by atoms with Crippen LogP contribution in [0.3, 0.4) is 0 Å². The third-order valence-electron chi connectivity index (χ3n) is 3.55. The summed E-state index contributed by atoms with van der Waals surface area (Å²) in [7, 11) is 0. The van der Waals surface area contributed by atoms with Crippen LogP contribution in [-0.4, -0.2) is 28.3 Å². The van der Waals surface area contributed by atoms with Gasteiger partial charge in [0.05, 0.1) is 23.5 Å². The predicted octanol–water partition coefficient (Wildman–Crippen LogP) is 3.72. The molecule has 0 saturated heterocycles. The van der Waals surface area contributed by atoms with Gasteiger partial charge in [-0.1, -0.05) is 37.0 Å². The second kappa shape index (κ2) is 8.42. The van der Waals surface area contributed by atoms with Gasteiger partial charge in [-0.3, -0.25) is 19.9 Å². The second-order valence-corrected chi connectivity index (χ2v) is 6.59. The van der Waals surface area contributed by atoms with E-state index < -0.39 is 22.8 Å². The van der Waals surface area contributed by atoms with E-state index in [0.717, 1.165) is 23.0 Å². The van der Waals surface area contributed by atoms with Crippen molar-refractivity contribution in [1.29, 1.82) is 0 Å². The van der Waals surface area contributed by atoms with E-state index >= 15 is 0 Å². The van der Waals surface area contributed by atoms with Gasteiger partial charge in [0, 0.05) is 6.20 Å². The molecule has 0 radical (unpaired) electrons. The maximum atomic E-state index is 13.5. The molecule has 0 aromatic carbocycles. The zero-order chi connectivity index (χ0) is 19.4. The summed E-state index contributed by atoms with van der Waals surface area (Å²) in [5.41, 5.74) is 2.20. The maximum Gasteiger partial charge on any atom is 0.261 e. The third kappa shape index (κ3) is 4.68. The first-order valence-electron chi connectivity index (χ1n) is 7.75. The van der Waals surface area contributed by atoms with Crippen molar-refractivity contribution in [2.24, 2.45) is 0 Å². The molecule has 0 aliphatic heterocycles. The first kappa shape index (κ1) is 20.1. The van der Waals surface area contributed by atoms with Gasteiger partial charge in [-0.25, -0.2) is 9.37 Å². The van der Waals surface area contributed by atoms with Crippen molar-refractivity contribution >= 4 is 40.7 Å². The van der Waals surface area contributed by atoms with Crippen LogP contribution in [0.4, 0.5) is 10.1 Å². The van der Waals surface area contributed by atoms with Gasteiger partial charge >= 0.3 is 0 Å². The Morgan fingerprint density at radius 2 is 1.96 bits per heavy atom. The van der Waals surface area contributed by atoms with Crippen molar-refractivity contribution in [2.45, 2.75) is 26.7 Å². The summed E-state index contributed by atoms with van der Waals surface area (Å²) in [5.74, 6) is -2.22. The van der Waals surface area contributed by atoms with Crippen molar-refractivity contribution in [3.63, 3.8) is 0 Å². The minimum atomic E-state index is -0.903. The largest absolute Gasteiger partial charge is 0.374 e. The summed E-state index contributed by atoms with van der Waals surface area (Å²) in [6.07, 6.45) is 1.70. The molecule has 0 aliphatic rings. The molecular weight excluding hydrogens is 382 g/mol. The molecule has 2 N–H and O–H groups in total. The van der Waals surface area contributed by atoms with Crippen LogP contribution in [0.2, 0.25) is 10.3 Å². The fourth-order valence-electron chi connectivity index (χ4n) is 2.26. The van der Waals surface area contributed by atoms with Crippen LogP contribution in [0, 0.1) is 12.7 Å². The number of carbonyl (C=O) groups excluding carboxylic acids is 2. The predicted molar refractivity (Wildman–Crippen MR) is 98.2 cm³/mol. The maximum absolute atomic E-state index is 13.5. The van der Waals surface area contributed by atoms with E-state index in [9.17, 15) is 14.0 Å². The first-order chi connectivity index (χ1) is 12.2. The Bertz CT molecular complexity index is 859. The number of pyridine rings is 2. The topological polar surface area (TPSA) is 84.0 Å². The molecule has 2 heterocycles. The molecule has 26 heavy (non-hydrogen) atoms. The lowest BCUT2D eigenvalue weighted by Crippen LogP contribution is -2.35. The summed E-state index contributed by atoms with van der Waals surface area (Å²) in [6, 6.07) is 2.65. The quantitative estimate of drug-likeness (QED) is 0.749. The summed E-state index contributed by atoms with van der Waals surface area (Å²) in [5, 5.41) is 4.37. The van der Waals surface area contributed by atoms with Gasteiger partial charge in [-0.15, -0.1) is 0 Å². The highest BCUT2D eigenvalue weighted by Crippen LogP contribution is 2.25. The zero-order valence-corrected chi connectivity index (χ0v) is 15.9. The Morgan fingerprint density at radius 1 is 1.27 bits per heavy atom. The lowest BCUT2D eigenvalue weighted by molar-refractivity contribution is -0.118. The van der Waals surface area contributed by atoms with Gasteiger partial charge in [-0.05, 0) is 30.5 Å². The molecule has 138 valence electrons. The molecular formula is C17H17Cl2FN4O2. The lowest BCUT2D eigenvalue weighted by Gasteiger charge is -2.16. The second-order valence-electron chi connectivity index (χ2n) is 5.87. The number of carbonyl (C=O) groups is 2. The van der Waals surface area contributed by atoms with E-state index in [0.29, 0.717) is 0 Å². The Hall–Kier alpha value is -2.25. The summed E-state index contributed by atoms with van der Waals surface area (Å²) in [4.78, 5) is 32.0. The van der Waals surface area contributed by atoms with Crippen LogP contribution in [0.5, 0.6) is 0 Å². The average molecular weight is 399 g/mol. The molecule has 2 rings (SSSR count). The number of halogens is 3. The van der Waals surface area contributed by atoms with Gasteiger partial charge in [0.1, 0.15) is 5.15 Å². The van der Waals surface area contributed by atoms with Crippen LogP contribution in [0.15, 0.2) is 18.3 Å². The van der Waals surface area contributed by atoms with Crippen molar-refractivity contribution in [3.05, 3.63) is 51.3 Å². The van der Waals surface area contributed by atoms with Crippen LogP contribution in [-0.2, 0) is 4.79 Å². The number of nitrogens with zero attached hydrogens (tertiary/aromatic N) is 2. The number of hydrogen-bond donors (Lipinski definition) is 2. The molecule has 2 aromatic rings. The standard InChI is InChI=1S/C17H17Cl2FN4O2/c1-8(2)13-14(9(3)4-5-21-13)22-7-12(25)23-17(26)10-6-11(20)16(19)24-15(10)18/h4-6,8,22H,7H2,1-3H3,(H,23,25,26). The summed E-state index contributed by atoms with van der Waals surface area (Å²) < 4.78 is 13.5. The van der Waals surface area contributed by atoms with Crippen molar-refractivity contribution in [2.75, 3.05) is 11.9 Å². The van der Waals surface area contributed by atoms with E-state index in [1.54, 1.807) is 6.20 Å². The van der Waals surface area contributed by atoms with Gasteiger partial charge in [0.2, 0.25) is 5.91 Å². The highest BCUT2D eigenvalue weighted by Gasteiger charge is 2.18. The monoisotopic (exact) mass is 398 g/mol. The molecule has 0 spiro atoms. The molecule has 0 bridgehead atoms. The van der Waals surface area contributed by atoms with Gasteiger partial charge < -0.3 is 5.32 Å². The Kier molecular flexibility index (Phi) is 6.50. The average Bonchev–Trinajstić information content (AvgIpc) is 2.56. The first-order valence-corrected chi connectivity index (χ1v) is 8.51. The minimum absolute atomic E-state index is 0.156. The summed E-state index contributed by atoms with van der Waals surface area (Å²) >= 11 is 11.3. The number of amides is 2. The highest BCUT2D eigenvalue weighted by molar-refractivity contribution is 6.35. The number of hydrogen-bond acceptors (Lipinski definition) is 5. The van der Waals surface area contributed by atoms with E-state index in [2.05, 4.69) is 20.6 Å². The Morgan fingerprint density at radius 3 is 2.62 bits per heavy atom. The molecule has 0 unspecified atom stereocenters. The van der Waals surface area contributed by atoms with E-state index in [4.69, 9.17) is 23.2 Å². The summed E-state index contributed by atoms with van der Waals surface area (Å²) in [6.45, 7) is 5.70. The van der Waals surface area contributed by atoms with Crippen molar-refractivity contribution < 1.29 is 14.0 Å². The number of nitrogens with one attached hydrogen (secondary N) is 2. The molecule has 2 amide bonds. The molecule has 0 atom stereocenters. The normalized spacial score (nSPS) is 10.7. The molecule has 9 heteroatoms. The van der Waals surface area contributed by atoms with Gasteiger partial charge in [-0.2, -0.15) is 0 Å². The van der Waals surface area contributed by atoms with Crippen molar-refractivity contribution in [1.82, 2.24) is 15.3 Å². The fourth-order valence-corrected chi connectivity index (χ4v) is 2.67. The Balaban J connectivity index is 2.06. The van der Waals surface area contributed by atoms with E-state index in [1.807, 2.05) is 26.8 Å². The fraction of sp³-hybridized carbons (Fsp3) is 0.294. The highest BCUT2D eigenvalue weighted by atomic mass is 35.5. The number of aryl methyl sites for hydroxylation is 1. The smallest absolute Gasteiger partial charge is 0.261 e. The van der Waals surface area contributed by atoms with Crippen molar-refractivity contribution in [3.8, 4) is 0 Å². The van der Waals surface area contributed by atoms with Gasteiger partial charge in [0.15, 0.2) is 11.0 Å². The number of rotatable bonds is 5. The van der Waals surface area contributed by atoms with Crippen LogP contribution >= 0.6 is 23.2 Å². The zero-order valence-electron chi connectivity index (χ0n) is 14.4. The third-order valence-corrected chi connectivity index (χ3v) is 4.10. The number of imide groups is 1. The van der Waals surface area contributed by atoms with E-state index in [-0.39, 0.29) is 23.2 Å². The Labute approximate surface area is 160 Å². The van der Waals surface area contributed by atoms with Crippen LogP contribution in [0.25, 0.3) is 0 Å². The van der Waals surface area contributed by atoms with E-state index in [1.165, 1.54) is 0 Å². The SMILES string of the molecule is Cc1ccnc(C(C)C)c1NCC(=O)NC(=O)c1cc(F)c(Cl)nc1Cl. The van der Waals surface area contributed by atoms with Gasteiger partial charge in [0.25, 0.3) is 5.91 Å². The number of anilines is 1. The molecule has 6 nitrogen and oxygen atoms in total. The molecule has 2 aromatic heterocycles. The van der Waals surface area contributed by atoms with Crippen LogP contribution in [0.1, 0.15) is 41.4 Å². The molecule has 0 saturated carbocycles. The lowest BCUT2D eigenvalue weighted by atomic mass is 10.0. The van der Waals surface area contributed by atoms with Crippen LogP contribution < -0.4 is 10.6 Å². The minimum Gasteiger partial charge on any atom is -0.374 e.